The van der Waals surface area contributed by atoms with Crippen molar-refractivity contribution in [3.63, 3.8) is 0 Å². The van der Waals surface area contributed by atoms with Crippen molar-refractivity contribution in [2.24, 2.45) is 0 Å². The van der Waals surface area contributed by atoms with Crippen LogP contribution in [0.25, 0.3) is 10.1 Å². The quantitative estimate of drug-likeness (QED) is 0.727. The highest BCUT2D eigenvalue weighted by Gasteiger charge is 2.25. The van der Waals surface area contributed by atoms with Crippen LogP contribution in [0.5, 0.6) is 0 Å². The van der Waals surface area contributed by atoms with Gasteiger partial charge in [-0.05, 0) is 49.8 Å². The van der Waals surface area contributed by atoms with Gasteiger partial charge in [0, 0.05) is 16.6 Å². The molecule has 0 fully saturated rings. The predicted molar refractivity (Wildman–Crippen MR) is 82.2 cm³/mol. The number of ether oxygens (including phenoxy) is 1. The van der Waals surface area contributed by atoms with Gasteiger partial charge in [-0.15, -0.1) is 11.3 Å². The third-order valence-electron chi connectivity index (χ3n) is 3.43. The Morgan fingerprint density at radius 1 is 1.30 bits per heavy atom. The molecule has 3 nitrogen and oxygen atoms in total. The summed E-state index contributed by atoms with van der Waals surface area (Å²) in [6.07, 6.45) is 0.671. The number of carbonyl (C=O) groups is 1. The van der Waals surface area contributed by atoms with Crippen molar-refractivity contribution in [2.45, 2.75) is 39.3 Å². The van der Waals surface area contributed by atoms with E-state index in [9.17, 15) is 4.79 Å². The van der Waals surface area contributed by atoms with Crippen LogP contribution in [0.2, 0.25) is 0 Å². The minimum absolute atomic E-state index is 0.218. The molecule has 1 aliphatic heterocycles. The summed E-state index contributed by atoms with van der Waals surface area (Å²) >= 11 is 1.75. The zero-order valence-corrected chi connectivity index (χ0v) is 12.9. The summed E-state index contributed by atoms with van der Waals surface area (Å²) in [5, 5.41) is 3.50. The Morgan fingerprint density at radius 2 is 2.10 bits per heavy atom. The molecule has 0 aliphatic carbocycles. The van der Waals surface area contributed by atoms with Crippen LogP contribution in [0, 0.1) is 0 Å². The molecule has 2 aromatic rings. The number of thiophene rings is 1. The van der Waals surface area contributed by atoms with Gasteiger partial charge in [-0.25, -0.2) is 4.79 Å². The van der Waals surface area contributed by atoms with Crippen molar-refractivity contribution < 1.29 is 9.53 Å². The number of benzene rings is 1. The van der Waals surface area contributed by atoms with E-state index < -0.39 is 5.60 Å². The SMILES string of the molecule is CC(C)(C)OC(=O)N1CCc2cccc3scc(c23)C1. The smallest absolute Gasteiger partial charge is 0.410 e. The molecule has 0 bridgehead atoms. The molecule has 0 saturated carbocycles. The highest BCUT2D eigenvalue weighted by atomic mass is 32.1. The Balaban J connectivity index is 1.89. The lowest BCUT2D eigenvalue weighted by atomic mass is 10.1. The molecule has 3 rings (SSSR count). The molecular formula is C16H19NO2S. The van der Waals surface area contributed by atoms with Crippen LogP contribution in [-0.4, -0.2) is 23.1 Å². The van der Waals surface area contributed by atoms with Gasteiger partial charge >= 0.3 is 6.09 Å². The molecule has 1 amide bonds. The molecule has 1 aromatic heterocycles. The third kappa shape index (κ3) is 2.52. The van der Waals surface area contributed by atoms with E-state index in [1.807, 2.05) is 25.7 Å². The maximum Gasteiger partial charge on any atom is 0.410 e. The minimum atomic E-state index is -0.444. The minimum Gasteiger partial charge on any atom is -0.444 e. The van der Waals surface area contributed by atoms with Crippen molar-refractivity contribution in [1.82, 2.24) is 4.90 Å². The van der Waals surface area contributed by atoms with Crippen LogP contribution in [0.15, 0.2) is 23.6 Å². The molecule has 2 heterocycles. The average Bonchev–Trinajstić information content (AvgIpc) is 2.65. The second-order valence-electron chi connectivity index (χ2n) is 6.20. The van der Waals surface area contributed by atoms with E-state index in [0.29, 0.717) is 13.1 Å². The summed E-state index contributed by atoms with van der Waals surface area (Å²) in [5.41, 5.74) is 2.13. The summed E-state index contributed by atoms with van der Waals surface area (Å²) in [7, 11) is 0. The van der Waals surface area contributed by atoms with Gasteiger partial charge < -0.3 is 9.64 Å². The Morgan fingerprint density at radius 3 is 2.85 bits per heavy atom. The van der Waals surface area contributed by atoms with Gasteiger partial charge in [0.2, 0.25) is 0 Å². The molecule has 1 aliphatic rings. The molecular weight excluding hydrogens is 270 g/mol. The van der Waals surface area contributed by atoms with Crippen molar-refractivity contribution in [3.05, 3.63) is 34.7 Å². The zero-order chi connectivity index (χ0) is 14.3. The van der Waals surface area contributed by atoms with Gasteiger partial charge in [0.05, 0.1) is 6.54 Å². The van der Waals surface area contributed by atoms with Crippen LogP contribution < -0.4 is 0 Å². The van der Waals surface area contributed by atoms with E-state index in [4.69, 9.17) is 4.74 Å². The lowest BCUT2D eigenvalue weighted by Crippen LogP contribution is -2.36. The highest BCUT2D eigenvalue weighted by molar-refractivity contribution is 7.17. The normalized spacial score (nSPS) is 15.2. The molecule has 20 heavy (non-hydrogen) atoms. The standard InChI is InChI=1S/C16H19NO2S/c1-16(2,3)19-15(18)17-8-7-11-5-4-6-13-14(11)12(9-17)10-20-13/h4-6,10H,7-9H2,1-3H3. The Kier molecular flexibility index (Phi) is 3.21. The van der Waals surface area contributed by atoms with Crippen LogP contribution in [-0.2, 0) is 17.7 Å². The first-order chi connectivity index (χ1) is 9.44. The topological polar surface area (TPSA) is 29.5 Å². The van der Waals surface area contributed by atoms with E-state index in [2.05, 4.69) is 23.6 Å². The van der Waals surface area contributed by atoms with Crippen LogP contribution in [0.3, 0.4) is 0 Å². The zero-order valence-electron chi connectivity index (χ0n) is 12.1. The lowest BCUT2D eigenvalue weighted by molar-refractivity contribution is 0.0239. The number of amides is 1. The lowest BCUT2D eigenvalue weighted by Gasteiger charge is -2.26. The van der Waals surface area contributed by atoms with Gasteiger partial charge in [0.15, 0.2) is 0 Å². The predicted octanol–water partition coefficient (Wildman–Crippen LogP) is 4.19. The summed E-state index contributed by atoms with van der Waals surface area (Å²) in [5.74, 6) is 0. The Bertz CT molecular complexity index is 654. The number of carbonyl (C=O) groups excluding carboxylic acids is 1. The summed E-state index contributed by atoms with van der Waals surface area (Å²) in [4.78, 5) is 14.1. The van der Waals surface area contributed by atoms with E-state index >= 15 is 0 Å². The first-order valence-corrected chi connectivity index (χ1v) is 7.78. The van der Waals surface area contributed by atoms with Gasteiger partial charge in [-0.2, -0.15) is 0 Å². The maximum absolute atomic E-state index is 12.3. The van der Waals surface area contributed by atoms with E-state index in [-0.39, 0.29) is 6.09 Å². The van der Waals surface area contributed by atoms with Gasteiger partial charge in [0.25, 0.3) is 0 Å². The number of rotatable bonds is 0. The van der Waals surface area contributed by atoms with E-state index in [1.165, 1.54) is 21.2 Å². The molecule has 1 aromatic carbocycles. The molecule has 0 N–H and O–H groups in total. The molecule has 4 heteroatoms. The average molecular weight is 289 g/mol. The monoisotopic (exact) mass is 289 g/mol. The van der Waals surface area contributed by atoms with Crippen LogP contribution >= 0.6 is 11.3 Å². The third-order valence-corrected chi connectivity index (χ3v) is 4.42. The second kappa shape index (κ2) is 4.77. The Hall–Kier alpha value is -1.55. The van der Waals surface area contributed by atoms with Crippen LogP contribution in [0.4, 0.5) is 4.79 Å². The fourth-order valence-corrected chi connectivity index (χ4v) is 3.58. The molecule has 0 atom stereocenters. The van der Waals surface area contributed by atoms with Crippen LogP contribution in [0.1, 0.15) is 31.9 Å². The number of nitrogens with zero attached hydrogens (tertiary/aromatic N) is 1. The molecule has 0 saturated heterocycles. The number of hydrogen-bond acceptors (Lipinski definition) is 3. The van der Waals surface area contributed by atoms with E-state index in [0.717, 1.165) is 6.42 Å². The van der Waals surface area contributed by atoms with Crippen molar-refractivity contribution >= 4 is 27.5 Å². The highest BCUT2D eigenvalue weighted by Crippen LogP contribution is 2.32. The summed E-state index contributed by atoms with van der Waals surface area (Å²) < 4.78 is 6.80. The summed E-state index contributed by atoms with van der Waals surface area (Å²) in [6.45, 7) is 7.07. The second-order valence-corrected chi connectivity index (χ2v) is 7.11. The molecule has 0 spiro atoms. The van der Waals surface area contributed by atoms with Crippen molar-refractivity contribution in [3.8, 4) is 0 Å². The van der Waals surface area contributed by atoms with Crippen molar-refractivity contribution in [1.29, 1.82) is 0 Å². The number of hydrogen-bond donors (Lipinski definition) is 0. The van der Waals surface area contributed by atoms with Gasteiger partial charge in [-0.3, -0.25) is 0 Å². The fraction of sp³-hybridized carbons (Fsp3) is 0.438. The Labute approximate surface area is 123 Å². The van der Waals surface area contributed by atoms with Gasteiger partial charge in [-0.1, -0.05) is 12.1 Å². The van der Waals surface area contributed by atoms with Gasteiger partial charge in [0.1, 0.15) is 5.60 Å². The fourth-order valence-electron chi connectivity index (χ4n) is 2.58. The molecule has 106 valence electrons. The largest absolute Gasteiger partial charge is 0.444 e. The van der Waals surface area contributed by atoms with Crippen molar-refractivity contribution in [2.75, 3.05) is 6.54 Å². The summed E-state index contributed by atoms with van der Waals surface area (Å²) in [6, 6.07) is 6.41. The van der Waals surface area contributed by atoms with E-state index in [1.54, 1.807) is 11.3 Å². The molecule has 0 unspecified atom stereocenters. The maximum atomic E-state index is 12.3. The molecule has 0 radical (unpaired) electrons. The first kappa shape index (κ1) is 13.4. The first-order valence-electron chi connectivity index (χ1n) is 6.90.